The molecule has 300 valence electrons. The van der Waals surface area contributed by atoms with Crippen LogP contribution in [-0.4, -0.2) is 23.5 Å². The molecule has 1 saturated heterocycles. The van der Waals surface area contributed by atoms with Crippen molar-refractivity contribution in [3.63, 3.8) is 0 Å². The first kappa shape index (κ1) is 38.0. The van der Waals surface area contributed by atoms with E-state index in [2.05, 4.69) is 6.07 Å². The van der Waals surface area contributed by atoms with E-state index < -0.39 is 69.3 Å². The number of nitrogens with zero attached hydrogens (tertiary/aromatic N) is 3. The van der Waals surface area contributed by atoms with Gasteiger partial charge in [0.25, 0.3) is 0 Å². The average Bonchev–Trinajstić information content (AvgIpc) is 3.85. The van der Waals surface area contributed by atoms with E-state index in [4.69, 9.17) is 4.74 Å². The number of amides is 2. The minimum atomic E-state index is -2.33. The van der Waals surface area contributed by atoms with E-state index in [1.807, 2.05) is 74.5 Å². The van der Waals surface area contributed by atoms with Gasteiger partial charge in [-0.2, -0.15) is 5.26 Å². The van der Waals surface area contributed by atoms with E-state index in [9.17, 15) is 10.7 Å². The van der Waals surface area contributed by atoms with Gasteiger partial charge in [-0.15, -0.1) is 0 Å². The summed E-state index contributed by atoms with van der Waals surface area (Å²) in [4.78, 5) is 50.9. The molecule has 6 aromatic rings. The van der Waals surface area contributed by atoms with Gasteiger partial charge >= 0.3 is 0 Å². The van der Waals surface area contributed by atoms with Gasteiger partial charge < -0.3 is 14.5 Å². The van der Waals surface area contributed by atoms with E-state index in [1.54, 1.807) is 48.5 Å². The van der Waals surface area contributed by atoms with Gasteiger partial charge in [0.15, 0.2) is 16.8 Å². The maximum absolute atomic E-state index is 16.4. The molecule has 8 nitrogen and oxygen atoms in total. The Labute approximate surface area is 351 Å². The zero-order valence-corrected chi connectivity index (χ0v) is 33.2. The molecule has 10 heteroatoms. The smallest absolute Gasteiger partial charge is 0.243 e. The molecule has 0 radical (unpaired) electrons. The number of halogens is 2. The molecular formula is C51H38F2N4O4. The Kier molecular flexibility index (Phi) is 8.50. The van der Waals surface area contributed by atoms with Crippen LogP contribution in [0.1, 0.15) is 55.2 Å². The topological polar surface area (TPSA) is 115 Å². The Morgan fingerprint density at radius 3 is 1.90 bits per heavy atom. The van der Waals surface area contributed by atoms with Gasteiger partial charge in [0, 0.05) is 22.9 Å². The monoisotopic (exact) mass is 808 g/mol. The van der Waals surface area contributed by atoms with Gasteiger partial charge in [-0.05, 0) is 78.1 Å². The largest absolute Gasteiger partial charge is 0.466 e. The molecule has 1 spiro atoms. The van der Waals surface area contributed by atoms with Gasteiger partial charge in [0.2, 0.25) is 17.7 Å². The summed E-state index contributed by atoms with van der Waals surface area (Å²) in [7, 11) is 0. The quantitative estimate of drug-likeness (QED) is 0.154. The molecule has 1 N–H and O–H groups in total. The third-order valence-corrected chi connectivity index (χ3v) is 13.4. The van der Waals surface area contributed by atoms with Crippen molar-refractivity contribution in [2.45, 2.75) is 43.9 Å². The molecular weight excluding hydrogens is 771 g/mol. The normalized spacial score (nSPS) is 25.8. The number of ether oxygens (including phenoxy) is 1. The molecule has 10 rings (SSSR count). The molecule has 3 aliphatic heterocycles. The van der Waals surface area contributed by atoms with E-state index in [-0.39, 0.29) is 29.8 Å². The summed E-state index contributed by atoms with van der Waals surface area (Å²) >= 11 is 0. The number of hydrogen-bond donors (Lipinski definition) is 1. The number of carbonyl (C=O) groups is 3. The van der Waals surface area contributed by atoms with Gasteiger partial charge in [-0.3, -0.25) is 19.8 Å². The average molecular weight is 809 g/mol. The highest BCUT2D eigenvalue weighted by Crippen LogP contribution is 2.79. The predicted molar refractivity (Wildman–Crippen MR) is 225 cm³/mol. The van der Waals surface area contributed by atoms with Crippen molar-refractivity contribution in [2.75, 3.05) is 9.80 Å². The van der Waals surface area contributed by atoms with Gasteiger partial charge in [0.05, 0.1) is 31.0 Å². The summed E-state index contributed by atoms with van der Waals surface area (Å²) < 4.78 is 38.8. The van der Waals surface area contributed by atoms with Crippen LogP contribution in [0.25, 0.3) is 0 Å². The summed E-state index contributed by atoms with van der Waals surface area (Å²) in [5.74, 6) is -8.41. The second-order valence-corrected chi connectivity index (χ2v) is 16.6. The number of carbonyl (C=O) groups excluding carboxylic acids is 3. The number of hydrogen-bond acceptors (Lipinski definition) is 6. The van der Waals surface area contributed by atoms with Crippen LogP contribution in [0.2, 0.25) is 0 Å². The first-order chi connectivity index (χ1) is 29.5. The third kappa shape index (κ3) is 5.07. The lowest BCUT2D eigenvalue weighted by molar-refractivity contribution is -0.139. The van der Waals surface area contributed by atoms with Crippen molar-refractivity contribution in [3.8, 4) is 6.07 Å². The summed E-state index contributed by atoms with van der Waals surface area (Å²) in [6, 6.07) is 42.6. The van der Waals surface area contributed by atoms with E-state index in [1.165, 1.54) is 46.2 Å². The predicted octanol–water partition coefficient (Wildman–Crippen LogP) is 9.24. The van der Waals surface area contributed by atoms with E-state index >= 15 is 23.2 Å². The molecule has 61 heavy (non-hydrogen) atoms. The molecule has 4 aliphatic rings. The van der Waals surface area contributed by atoms with Crippen LogP contribution in [0.15, 0.2) is 146 Å². The fraction of sp³-hybridized carbons (Fsp3) is 0.196. The first-order valence-corrected chi connectivity index (χ1v) is 20.2. The number of anilines is 2. The molecule has 6 aromatic carbocycles. The molecule has 2 fully saturated rings. The fourth-order valence-corrected chi connectivity index (χ4v) is 10.9. The van der Waals surface area contributed by atoms with Gasteiger partial charge in [-0.1, -0.05) is 120 Å². The molecule has 1 aliphatic carbocycles. The van der Waals surface area contributed by atoms with E-state index in [0.29, 0.717) is 16.9 Å². The Bertz CT molecular complexity index is 2860. The standard InChI is InChI=1S/C51H38F2N4O4/c1-30-13-17-34(18-14-30)43(58)45-49(29-54)44(42-38-25-36(52)21-23-40(38)56(46(42)59)27-32-9-5-3-6-10-32)51(61-47(49)55,35-19-15-31(2)16-20-35)50(45)39-26-37(53)22-24-41(39)57(48(50)60)28-33-11-7-4-8-12-33/h3-26,42,44-45,55H,27-28H2,1-2H3/t42-,44+,45-,49-,50-,51+/m1/s1. The fourth-order valence-electron chi connectivity index (χ4n) is 10.9. The summed E-state index contributed by atoms with van der Waals surface area (Å²) in [5, 5.41) is 21.8. The van der Waals surface area contributed by atoms with Crippen molar-refractivity contribution in [2.24, 2.45) is 17.3 Å². The van der Waals surface area contributed by atoms with Crippen molar-refractivity contribution < 1.29 is 27.9 Å². The van der Waals surface area contributed by atoms with Crippen molar-refractivity contribution >= 4 is 34.9 Å². The molecule has 2 amide bonds. The number of aryl methyl sites for hydroxylation is 2. The number of rotatable bonds is 8. The van der Waals surface area contributed by atoms with Crippen LogP contribution >= 0.6 is 0 Å². The number of Topliss-reactive ketones (excluding diaryl/α,β-unsaturated/α-hetero) is 1. The van der Waals surface area contributed by atoms with Crippen LogP contribution in [0, 0.1) is 59.5 Å². The maximum Gasteiger partial charge on any atom is 0.243 e. The van der Waals surface area contributed by atoms with Crippen LogP contribution in [-0.2, 0) is 38.4 Å². The van der Waals surface area contributed by atoms with Crippen LogP contribution in [0.4, 0.5) is 20.2 Å². The Morgan fingerprint density at radius 1 is 0.738 bits per heavy atom. The third-order valence-electron chi connectivity index (χ3n) is 13.4. The molecule has 3 heterocycles. The van der Waals surface area contributed by atoms with Crippen molar-refractivity contribution in [3.05, 3.63) is 202 Å². The summed E-state index contributed by atoms with van der Waals surface area (Å²) in [6.07, 6.45) is 0. The number of nitriles is 1. The zero-order chi connectivity index (χ0) is 42.4. The Balaban J connectivity index is 1.33. The Morgan fingerprint density at radius 2 is 1.30 bits per heavy atom. The molecule has 0 aromatic heterocycles. The lowest BCUT2D eigenvalue weighted by Gasteiger charge is -2.48. The molecule has 1 saturated carbocycles. The second kappa shape index (κ2) is 13.6. The van der Waals surface area contributed by atoms with Crippen molar-refractivity contribution in [1.82, 2.24) is 0 Å². The van der Waals surface area contributed by atoms with E-state index in [0.717, 1.165) is 22.3 Å². The highest BCUT2D eigenvalue weighted by Gasteiger charge is 2.91. The maximum atomic E-state index is 16.4. The number of nitrogens with one attached hydrogen (secondary N) is 1. The first-order valence-electron chi connectivity index (χ1n) is 20.2. The van der Waals surface area contributed by atoms with Crippen LogP contribution in [0.3, 0.4) is 0 Å². The molecule has 0 unspecified atom stereocenters. The highest BCUT2D eigenvalue weighted by molar-refractivity contribution is 6.19. The second-order valence-electron chi connectivity index (χ2n) is 16.6. The number of ketones is 1. The lowest BCUT2D eigenvalue weighted by atomic mass is 9.57. The Hall–Kier alpha value is -7.25. The van der Waals surface area contributed by atoms with Gasteiger partial charge in [0.1, 0.15) is 17.0 Å². The minimum Gasteiger partial charge on any atom is -0.466 e. The highest BCUT2D eigenvalue weighted by atomic mass is 19.1. The summed E-state index contributed by atoms with van der Waals surface area (Å²) in [5.41, 5.74) is -2.08. The number of fused-ring (bicyclic) bond motifs is 6. The zero-order valence-electron chi connectivity index (χ0n) is 33.2. The molecule has 6 atom stereocenters. The van der Waals surface area contributed by atoms with Gasteiger partial charge in [-0.25, -0.2) is 8.78 Å². The SMILES string of the molecule is Cc1ccc(C(=O)[C@@H]2[C@]3(C#N)C(=N)O[C@@](c4ccc(C)cc4)([C@H]3[C@@H]3C(=O)N(Cc4ccccc4)c4ccc(F)cc43)[C@@]23C(=O)N(Cc2ccccc2)c2ccc(F)cc23)cc1. The minimum absolute atomic E-state index is 0.0123. The molecule has 2 bridgehead atoms. The van der Waals surface area contributed by atoms with Crippen LogP contribution in [0.5, 0.6) is 0 Å². The number of benzene rings is 6. The summed E-state index contributed by atoms with van der Waals surface area (Å²) in [6.45, 7) is 3.84. The van der Waals surface area contributed by atoms with Crippen LogP contribution < -0.4 is 9.80 Å². The lowest BCUT2D eigenvalue weighted by Crippen LogP contribution is -2.62. The van der Waals surface area contributed by atoms with Crippen molar-refractivity contribution in [1.29, 1.82) is 10.7 Å².